The van der Waals surface area contributed by atoms with Gasteiger partial charge in [0.15, 0.2) is 0 Å². The maximum Gasteiger partial charge on any atom is 0.125 e. The van der Waals surface area contributed by atoms with Gasteiger partial charge in [-0.2, -0.15) is 0 Å². The second-order valence-electron chi connectivity index (χ2n) is 4.10. The van der Waals surface area contributed by atoms with Crippen LogP contribution >= 0.6 is 11.6 Å². The molecule has 3 N–H and O–H groups in total. The molecule has 17 heavy (non-hydrogen) atoms. The fraction of sp³-hybridized carbons (Fsp3) is 0.538. The van der Waals surface area contributed by atoms with Gasteiger partial charge in [-0.1, -0.05) is 43.9 Å². The Morgan fingerprint density at radius 1 is 1.41 bits per heavy atom. The van der Waals surface area contributed by atoms with Crippen LogP contribution in [0.25, 0.3) is 0 Å². The zero-order valence-corrected chi connectivity index (χ0v) is 11.3. The third kappa shape index (κ3) is 4.19. The van der Waals surface area contributed by atoms with Crippen molar-refractivity contribution in [3.05, 3.63) is 28.8 Å². The molecule has 0 amide bonds. The van der Waals surface area contributed by atoms with Crippen LogP contribution < -0.4 is 16.0 Å². The number of methoxy groups -OCH3 is 1. The highest BCUT2D eigenvalue weighted by atomic mass is 35.5. The van der Waals surface area contributed by atoms with Crippen molar-refractivity contribution in [1.82, 2.24) is 5.43 Å². The monoisotopic (exact) mass is 256 g/mol. The van der Waals surface area contributed by atoms with Crippen molar-refractivity contribution >= 4 is 11.6 Å². The van der Waals surface area contributed by atoms with Gasteiger partial charge in [-0.05, 0) is 18.6 Å². The SMILES string of the molecule is CCCCCC(NN)c1ccc(Cl)cc1OC. The largest absolute Gasteiger partial charge is 0.496 e. The van der Waals surface area contributed by atoms with Crippen molar-refractivity contribution < 1.29 is 4.74 Å². The van der Waals surface area contributed by atoms with Gasteiger partial charge in [-0.3, -0.25) is 11.3 Å². The lowest BCUT2D eigenvalue weighted by molar-refractivity contribution is 0.393. The van der Waals surface area contributed by atoms with Crippen LogP contribution in [0.15, 0.2) is 18.2 Å². The number of hydrazine groups is 1. The highest BCUT2D eigenvalue weighted by Gasteiger charge is 2.14. The Labute approximate surface area is 108 Å². The summed E-state index contributed by atoms with van der Waals surface area (Å²) in [6.45, 7) is 2.19. The van der Waals surface area contributed by atoms with E-state index in [9.17, 15) is 0 Å². The van der Waals surface area contributed by atoms with Gasteiger partial charge in [0.25, 0.3) is 0 Å². The lowest BCUT2D eigenvalue weighted by atomic mass is 10.00. The normalized spacial score (nSPS) is 12.5. The number of nitrogens with two attached hydrogens (primary N) is 1. The van der Waals surface area contributed by atoms with Gasteiger partial charge in [0.1, 0.15) is 5.75 Å². The van der Waals surface area contributed by atoms with Crippen LogP contribution in [0, 0.1) is 0 Å². The zero-order chi connectivity index (χ0) is 12.7. The quantitative estimate of drug-likeness (QED) is 0.446. The molecule has 0 radical (unpaired) electrons. The van der Waals surface area contributed by atoms with Crippen LogP contribution in [-0.4, -0.2) is 7.11 Å². The lowest BCUT2D eigenvalue weighted by Crippen LogP contribution is -2.28. The Bertz CT molecular complexity index is 344. The molecule has 0 aliphatic heterocycles. The maximum atomic E-state index is 5.94. The van der Waals surface area contributed by atoms with Crippen molar-refractivity contribution in [2.75, 3.05) is 7.11 Å². The van der Waals surface area contributed by atoms with Gasteiger partial charge in [0.05, 0.1) is 7.11 Å². The van der Waals surface area contributed by atoms with Crippen LogP contribution in [-0.2, 0) is 0 Å². The Morgan fingerprint density at radius 3 is 2.76 bits per heavy atom. The summed E-state index contributed by atoms with van der Waals surface area (Å²) in [5.41, 5.74) is 3.91. The molecule has 0 bridgehead atoms. The van der Waals surface area contributed by atoms with Gasteiger partial charge < -0.3 is 4.74 Å². The first-order valence-corrected chi connectivity index (χ1v) is 6.40. The summed E-state index contributed by atoms with van der Waals surface area (Å²) in [7, 11) is 1.65. The molecule has 0 heterocycles. The molecule has 1 atom stereocenters. The minimum absolute atomic E-state index is 0.119. The van der Waals surface area contributed by atoms with Crippen molar-refractivity contribution in [2.45, 2.75) is 38.6 Å². The van der Waals surface area contributed by atoms with Gasteiger partial charge in [0.2, 0.25) is 0 Å². The first kappa shape index (κ1) is 14.3. The van der Waals surface area contributed by atoms with Crippen molar-refractivity contribution in [2.24, 2.45) is 5.84 Å². The minimum atomic E-state index is 0.119. The third-order valence-electron chi connectivity index (χ3n) is 2.87. The summed E-state index contributed by atoms with van der Waals surface area (Å²) < 4.78 is 5.34. The van der Waals surface area contributed by atoms with Crippen LogP contribution in [0.3, 0.4) is 0 Å². The third-order valence-corrected chi connectivity index (χ3v) is 3.10. The molecule has 0 spiro atoms. The Balaban J connectivity index is 2.79. The van der Waals surface area contributed by atoms with E-state index in [4.69, 9.17) is 22.2 Å². The van der Waals surface area contributed by atoms with E-state index in [-0.39, 0.29) is 6.04 Å². The predicted molar refractivity (Wildman–Crippen MR) is 72.2 cm³/mol. The molecule has 0 aliphatic rings. The second kappa shape index (κ2) is 7.54. The highest BCUT2D eigenvalue weighted by Crippen LogP contribution is 2.30. The van der Waals surface area contributed by atoms with Crippen molar-refractivity contribution in [3.63, 3.8) is 0 Å². The first-order chi connectivity index (χ1) is 8.22. The summed E-state index contributed by atoms with van der Waals surface area (Å²) in [4.78, 5) is 0. The number of rotatable bonds is 7. The summed E-state index contributed by atoms with van der Waals surface area (Å²) in [6.07, 6.45) is 4.57. The molecule has 0 aromatic heterocycles. The topological polar surface area (TPSA) is 47.3 Å². The number of hydrogen-bond acceptors (Lipinski definition) is 3. The van der Waals surface area contributed by atoms with E-state index in [1.807, 2.05) is 18.2 Å². The summed E-state index contributed by atoms with van der Waals surface area (Å²) in [5, 5.41) is 0.676. The van der Waals surface area contributed by atoms with Crippen molar-refractivity contribution in [1.29, 1.82) is 0 Å². The second-order valence-corrected chi connectivity index (χ2v) is 4.54. The molecule has 3 nitrogen and oxygen atoms in total. The van der Waals surface area contributed by atoms with E-state index < -0.39 is 0 Å². The molecule has 0 aliphatic carbocycles. The standard InChI is InChI=1S/C13H21ClN2O/c1-3-4-5-6-12(16-15)11-8-7-10(14)9-13(11)17-2/h7-9,12,16H,3-6,15H2,1-2H3. The Kier molecular flexibility index (Phi) is 6.34. The molecule has 4 heteroatoms. The summed E-state index contributed by atoms with van der Waals surface area (Å²) in [6, 6.07) is 5.77. The zero-order valence-electron chi connectivity index (χ0n) is 10.5. The number of ether oxygens (including phenoxy) is 1. The molecule has 96 valence electrons. The van der Waals surface area contributed by atoms with E-state index in [2.05, 4.69) is 12.3 Å². The van der Waals surface area contributed by atoms with Gasteiger partial charge in [-0.25, -0.2) is 0 Å². The smallest absolute Gasteiger partial charge is 0.125 e. The van der Waals surface area contributed by atoms with E-state index in [1.54, 1.807) is 7.11 Å². The van der Waals surface area contributed by atoms with E-state index in [0.29, 0.717) is 5.02 Å². The Morgan fingerprint density at radius 2 is 2.18 bits per heavy atom. The number of nitrogens with one attached hydrogen (secondary N) is 1. The first-order valence-electron chi connectivity index (χ1n) is 6.02. The average Bonchev–Trinajstić information content (AvgIpc) is 2.35. The maximum absolute atomic E-state index is 5.94. The van der Waals surface area contributed by atoms with E-state index in [0.717, 1.165) is 24.2 Å². The fourth-order valence-corrected chi connectivity index (χ4v) is 2.06. The van der Waals surface area contributed by atoms with E-state index in [1.165, 1.54) is 12.8 Å². The molecule has 1 unspecified atom stereocenters. The fourth-order valence-electron chi connectivity index (χ4n) is 1.90. The van der Waals surface area contributed by atoms with Crippen LogP contribution in [0.4, 0.5) is 0 Å². The number of unbranched alkanes of at least 4 members (excludes halogenated alkanes) is 2. The van der Waals surface area contributed by atoms with Crippen LogP contribution in [0.1, 0.15) is 44.2 Å². The predicted octanol–water partition coefficient (Wildman–Crippen LogP) is 3.43. The minimum Gasteiger partial charge on any atom is -0.496 e. The molecular weight excluding hydrogens is 236 g/mol. The molecule has 1 aromatic carbocycles. The molecule has 1 rings (SSSR count). The van der Waals surface area contributed by atoms with Gasteiger partial charge in [0, 0.05) is 16.6 Å². The molecule has 0 saturated carbocycles. The number of hydrogen-bond donors (Lipinski definition) is 2. The lowest BCUT2D eigenvalue weighted by Gasteiger charge is -2.19. The van der Waals surface area contributed by atoms with Crippen LogP contribution in [0.2, 0.25) is 5.02 Å². The van der Waals surface area contributed by atoms with Crippen molar-refractivity contribution in [3.8, 4) is 5.75 Å². The number of halogens is 1. The molecule has 1 aromatic rings. The molecule has 0 saturated heterocycles. The van der Waals surface area contributed by atoms with Gasteiger partial charge in [-0.15, -0.1) is 0 Å². The average molecular weight is 257 g/mol. The molecule has 0 fully saturated rings. The van der Waals surface area contributed by atoms with Crippen LogP contribution in [0.5, 0.6) is 5.75 Å². The highest BCUT2D eigenvalue weighted by molar-refractivity contribution is 6.30. The van der Waals surface area contributed by atoms with Gasteiger partial charge >= 0.3 is 0 Å². The summed E-state index contributed by atoms with van der Waals surface area (Å²) >= 11 is 5.94. The molecular formula is C13H21ClN2O. The number of benzene rings is 1. The van der Waals surface area contributed by atoms with E-state index >= 15 is 0 Å². The Hall–Kier alpha value is -0.770. The summed E-state index contributed by atoms with van der Waals surface area (Å²) in [5.74, 6) is 6.40.